The standard InChI is InChI=1S/C18H31N3/c1-13-7-6-8-15(20-13)12-21(5)17-11-14(18(2,3)4)9-10-16(17)19/h6-8,14,16-17H,9-12,19H2,1-5H3. The molecule has 3 unspecified atom stereocenters. The van der Waals surface area contributed by atoms with E-state index in [1.165, 1.54) is 12.8 Å². The summed E-state index contributed by atoms with van der Waals surface area (Å²) >= 11 is 0. The number of aromatic nitrogens is 1. The maximum absolute atomic E-state index is 6.41. The van der Waals surface area contributed by atoms with E-state index in [0.717, 1.165) is 30.3 Å². The van der Waals surface area contributed by atoms with Crippen molar-refractivity contribution in [2.45, 2.75) is 65.6 Å². The van der Waals surface area contributed by atoms with Crippen molar-refractivity contribution in [1.29, 1.82) is 0 Å². The maximum Gasteiger partial charge on any atom is 0.0547 e. The van der Waals surface area contributed by atoms with Gasteiger partial charge in [0.15, 0.2) is 0 Å². The molecule has 3 heteroatoms. The van der Waals surface area contributed by atoms with E-state index in [9.17, 15) is 0 Å². The smallest absolute Gasteiger partial charge is 0.0547 e. The minimum absolute atomic E-state index is 0.290. The first-order chi connectivity index (χ1) is 9.77. The van der Waals surface area contributed by atoms with Crippen LogP contribution in [-0.4, -0.2) is 29.0 Å². The fourth-order valence-corrected chi connectivity index (χ4v) is 3.52. The molecule has 0 bridgehead atoms. The molecule has 3 atom stereocenters. The molecule has 1 aliphatic rings. The molecule has 1 heterocycles. The highest BCUT2D eigenvalue weighted by molar-refractivity contribution is 5.10. The van der Waals surface area contributed by atoms with Gasteiger partial charge in [0, 0.05) is 24.3 Å². The Bertz CT molecular complexity index is 464. The normalized spacial score (nSPS) is 27.1. The minimum Gasteiger partial charge on any atom is -0.326 e. The molecule has 2 rings (SSSR count). The van der Waals surface area contributed by atoms with Crippen molar-refractivity contribution in [1.82, 2.24) is 9.88 Å². The van der Waals surface area contributed by atoms with Crippen LogP contribution in [0.5, 0.6) is 0 Å². The fraction of sp³-hybridized carbons (Fsp3) is 0.722. The number of likely N-dealkylation sites (N-methyl/N-ethyl adjacent to an activating group) is 1. The van der Waals surface area contributed by atoms with Crippen molar-refractivity contribution in [3.63, 3.8) is 0 Å². The lowest BCUT2D eigenvalue weighted by Crippen LogP contribution is -2.51. The monoisotopic (exact) mass is 289 g/mol. The topological polar surface area (TPSA) is 42.1 Å². The third kappa shape index (κ3) is 4.27. The van der Waals surface area contributed by atoms with Gasteiger partial charge in [0.2, 0.25) is 0 Å². The van der Waals surface area contributed by atoms with Gasteiger partial charge in [-0.05, 0) is 56.7 Å². The van der Waals surface area contributed by atoms with Gasteiger partial charge < -0.3 is 5.73 Å². The molecule has 0 spiro atoms. The highest BCUT2D eigenvalue weighted by Gasteiger charge is 2.36. The lowest BCUT2D eigenvalue weighted by Gasteiger charge is -2.44. The summed E-state index contributed by atoms with van der Waals surface area (Å²) in [6, 6.07) is 7.00. The van der Waals surface area contributed by atoms with Crippen LogP contribution in [0.1, 0.15) is 51.4 Å². The van der Waals surface area contributed by atoms with E-state index < -0.39 is 0 Å². The summed E-state index contributed by atoms with van der Waals surface area (Å²) in [7, 11) is 2.19. The van der Waals surface area contributed by atoms with Crippen LogP contribution in [0.25, 0.3) is 0 Å². The number of pyridine rings is 1. The first kappa shape index (κ1) is 16.4. The molecule has 118 valence electrons. The number of rotatable bonds is 3. The summed E-state index contributed by atoms with van der Waals surface area (Å²) in [5.74, 6) is 0.759. The molecule has 1 saturated carbocycles. The quantitative estimate of drug-likeness (QED) is 0.927. The second-order valence-corrected chi connectivity index (χ2v) is 7.79. The van der Waals surface area contributed by atoms with Crippen molar-refractivity contribution in [3.05, 3.63) is 29.6 Å². The molecular formula is C18H31N3. The Kier molecular flexibility index (Phi) is 5.05. The van der Waals surface area contributed by atoms with Crippen LogP contribution in [0.15, 0.2) is 18.2 Å². The molecule has 1 aromatic rings. The first-order valence-corrected chi connectivity index (χ1v) is 8.15. The lowest BCUT2D eigenvalue weighted by molar-refractivity contribution is 0.0799. The van der Waals surface area contributed by atoms with Gasteiger partial charge in [0.05, 0.1) is 5.69 Å². The Morgan fingerprint density at radius 1 is 1.29 bits per heavy atom. The van der Waals surface area contributed by atoms with E-state index in [4.69, 9.17) is 5.73 Å². The highest BCUT2D eigenvalue weighted by Crippen LogP contribution is 2.38. The molecule has 2 N–H and O–H groups in total. The average molecular weight is 289 g/mol. The van der Waals surface area contributed by atoms with E-state index >= 15 is 0 Å². The zero-order valence-electron chi connectivity index (χ0n) is 14.3. The number of aryl methyl sites for hydroxylation is 1. The van der Waals surface area contributed by atoms with Crippen LogP contribution in [0.2, 0.25) is 0 Å². The van der Waals surface area contributed by atoms with E-state index in [1.807, 2.05) is 13.0 Å². The molecule has 1 fully saturated rings. The predicted octanol–water partition coefficient (Wildman–Crippen LogP) is 3.36. The number of hydrogen-bond acceptors (Lipinski definition) is 3. The molecule has 1 aliphatic carbocycles. The third-order valence-electron chi connectivity index (χ3n) is 5.02. The van der Waals surface area contributed by atoms with E-state index in [-0.39, 0.29) is 0 Å². The maximum atomic E-state index is 6.41. The average Bonchev–Trinajstić information content (AvgIpc) is 2.37. The summed E-state index contributed by atoms with van der Waals surface area (Å²) in [5.41, 5.74) is 9.01. The van der Waals surface area contributed by atoms with Gasteiger partial charge in [-0.15, -0.1) is 0 Å². The Morgan fingerprint density at radius 2 is 2.00 bits per heavy atom. The number of nitrogens with zero attached hydrogens (tertiary/aromatic N) is 2. The van der Waals surface area contributed by atoms with Crippen LogP contribution in [-0.2, 0) is 6.54 Å². The molecule has 0 saturated heterocycles. The van der Waals surface area contributed by atoms with Gasteiger partial charge >= 0.3 is 0 Å². The summed E-state index contributed by atoms with van der Waals surface area (Å²) in [4.78, 5) is 7.03. The van der Waals surface area contributed by atoms with Crippen LogP contribution in [0.4, 0.5) is 0 Å². The van der Waals surface area contributed by atoms with Gasteiger partial charge in [-0.3, -0.25) is 9.88 Å². The predicted molar refractivity (Wildman–Crippen MR) is 89.0 cm³/mol. The summed E-state index contributed by atoms with van der Waals surface area (Å²) in [5, 5.41) is 0. The Hall–Kier alpha value is -0.930. The number of hydrogen-bond donors (Lipinski definition) is 1. The molecule has 0 radical (unpaired) electrons. The lowest BCUT2D eigenvalue weighted by atomic mass is 9.69. The molecule has 21 heavy (non-hydrogen) atoms. The van der Waals surface area contributed by atoms with Gasteiger partial charge in [-0.25, -0.2) is 0 Å². The van der Waals surface area contributed by atoms with Gasteiger partial charge in [-0.2, -0.15) is 0 Å². The molecule has 0 amide bonds. The van der Waals surface area contributed by atoms with E-state index in [0.29, 0.717) is 17.5 Å². The highest BCUT2D eigenvalue weighted by atomic mass is 15.2. The SMILES string of the molecule is Cc1cccc(CN(C)C2CC(C(C)(C)C)CCC2N)n1. The second kappa shape index (κ2) is 6.45. The Morgan fingerprint density at radius 3 is 2.62 bits per heavy atom. The van der Waals surface area contributed by atoms with Gasteiger partial charge in [0.25, 0.3) is 0 Å². The summed E-state index contributed by atoms with van der Waals surface area (Å²) < 4.78 is 0. The van der Waals surface area contributed by atoms with Crippen LogP contribution < -0.4 is 5.73 Å². The third-order valence-corrected chi connectivity index (χ3v) is 5.02. The Balaban J connectivity index is 2.04. The molecule has 0 aromatic carbocycles. The number of nitrogens with two attached hydrogens (primary N) is 1. The molecular weight excluding hydrogens is 258 g/mol. The van der Waals surface area contributed by atoms with Crippen LogP contribution >= 0.6 is 0 Å². The molecule has 0 aliphatic heterocycles. The fourth-order valence-electron chi connectivity index (χ4n) is 3.52. The van der Waals surface area contributed by atoms with Crippen molar-refractivity contribution in [2.24, 2.45) is 17.1 Å². The van der Waals surface area contributed by atoms with Gasteiger partial charge in [0.1, 0.15) is 0 Å². The van der Waals surface area contributed by atoms with Crippen molar-refractivity contribution < 1.29 is 0 Å². The van der Waals surface area contributed by atoms with E-state index in [2.05, 4.69) is 49.8 Å². The zero-order chi connectivity index (χ0) is 15.6. The van der Waals surface area contributed by atoms with E-state index in [1.54, 1.807) is 0 Å². The van der Waals surface area contributed by atoms with Gasteiger partial charge in [-0.1, -0.05) is 26.8 Å². The Labute approximate surface area is 129 Å². The molecule has 3 nitrogen and oxygen atoms in total. The second-order valence-electron chi connectivity index (χ2n) is 7.79. The minimum atomic E-state index is 0.290. The summed E-state index contributed by atoms with van der Waals surface area (Å²) in [6.07, 6.45) is 3.60. The molecule has 1 aromatic heterocycles. The largest absolute Gasteiger partial charge is 0.326 e. The summed E-state index contributed by atoms with van der Waals surface area (Å²) in [6.45, 7) is 10.00. The van der Waals surface area contributed by atoms with Crippen molar-refractivity contribution in [3.8, 4) is 0 Å². The van der Waals surface area contributed by atoms with Crippen LogP contribution in [0, 0.1) is 18.3 Å². The zero-order valence-corrected chi connectivity index (χ0v) is 14.3. The van der Waals surface area contributed by atoms with Crippen LogP contribution in [0.3, 0.4) is 0 Å². The van der Waals surface area contributed by atoms with Crippen molar-refractivity contribution in [2.75, 3.05) is 7.05 Å². The van der Waals surface area contributed by atoms with Crippen molar-refractivity contribution >= 4 is 0 Å². The first-order valence-electron chi connectivity index (χ1n) is 8.15.